The van der Waals surface area contributed by atoms with Gasteiger partial charge in [0.2, 0.25) is 0 Å². The van der Waals surface area contributed by atoms with Crippen molar-refractivity contribution < 1.29 is 5.11 Å². The van der Waals surface area contributed by atoms with E-state index < -0.39 is 0 Å². The molecule has 2 atom stereocenters. The molecule has 2 aliphatic rings. The van der Waals surface area contributed by atoms with Crippen LogP contribution >= 0.6 is 11.8 Å². The molecular formula is C14H19NOS. The molecule has 0 bridgehead atoms. The zero-order valence-electron chi connectivity index (χ0n) is 9.98. The van der Waals surface area contributed by atoms with Crippen LogP contribution in [0, 0.1) is 0 Å². The van der Waals surface area contributed by atoms with Crippen molar-refractivity contribution in [2.75, 3.05) is 12.3 Å². The van der Waals surface area contributed by atoms with Gasteiger partial charge in [0.1, 0.15) is 5.75 Å². The lowest BCUT2D eigenvalue weighted by atomic mass is 10.1. The Morgan fingerprint density at radius 1 is 1.35 bits per heavy atom. The van der Waals surface area contributed by atoms with Crippen LogP contribution in [0.25, 0.3) is 0 Å². The fraction of sp³-hybridized carbons (Fsp3) is 0.571. The fourth-order valence-corrected chi connectivity index (χ4v) is 4.14. The fourth-order valence-electron chi connectivity index (χ4n) is 2.93. The average molecular weight is 249 g/mol. The Morgan fingerprint density at radius 3 is 3.12 bits per heavy atom. The van der Waals surface area contributed by atoms with Crippen molar-refractivity contribution in [3.8, 4) is 5.75 Å². The summed E-state index contributed by atoms with van der Waals surface area (Å²) in [7, 11) is 0. The van der Waals surface area contributed by atoms with Gasteiger partial charge in [-0.25, -0.2) is 0 Å². The van der Waals surface area contributed by atoms with Gasteiger partial charge >= 0.3 is 0 Å². The van der Waals surface area contributed by atoms with Gasteiger partial charge in [-0.15, -0.1) is 0 Å². The lowest BCUT2D eigenvalue weighted by molar-refractivity contribution is 0.469. The smallest absolute Gasteiger partial charge is 0.119 e. The Hall–Kier alpha value is -0.670. The molecule has 0 spiro atoms. The van der Waals surface area contributed by atoms with Crippen LogP contribution in [0.5, 0.6) is 5.75 Å². The second kappa shape index (κ2) is 4.91. The minimum atomic E-state index is 0.457. The molecular weight excluding hydrogens is 230 g/mol. The van der Waals surface area contributed by atoms with E-state index in [9.17, 15) is 5.11 Å². The van der Waals surface area contributed by atoms with E-state index in [1.807, 2.05) is 6.07 Å². The second-order valence-corrected chi connectivity index (χ2v) is 6.39. The molecule has 17 heavy (non-hydrogen) atoms. The number of nitrogens with one attached hydrogen (secondary N) is 1. The molecule has 1 aromatic carbocycles. The first kappa shape index (κ1) is 11.4. The highest BCUT2D eigenvalue weighted by Gasteiger charge is 2.25. The Morgan fingerprint density at radius 2 is 2.29 bits per heavy atom. The number of hydrogen-bond acceptors (Lipinski definition) is 3. The summed E-state index contributed by atoms with van der Waals surface area (Å²) in [5, 5.41) is 14.3. The second-order valence-electron chi connectivity index (χ2n) is 4.98. The minimum absolute atomic E-state index is 0.457. The Balaban J connectivity index is 1.65. The van der Waals surface area contributed by atoms with Gasteiger partial charge in [0, 0.05) is 17.8 Å². The molecule has 92 valence electrons. The van der Waals surface area contributed by atoms with Crippen LogP contribution < -0.4 is 5.32 Å². The van der Waals surface area contributed by atoms with Gasteiger partial charge in [-0.1, -0.05) is 12.1 Å². The van der Waals surface area contributed by atoms with Gasteiger partial charge in [0.25, 0.3) is 0 Å². The number of thioether (sulfide) groups is 1. The quantitative estimate of drug-likeness (QED) is 0.864. The number of fused-ring (bicyclic) bond motifs is 1. The molecule has 3 rings (SSSR count). The number of phenols is 1. The van der Waals surface area contributed by atoms with Gasteiger partial charge in [-0.3, -0.25) is 0 Å². The first-order chi connectivity index (χ1) is 8.34. The maximum Gasteiger partial charge on any atom is 0.119 e. The van der Waals surface area contributed by atoms with E-state index in [-0.39, 0.29) is 0 Å². The molecule has 1 aliphatic heterocycles. The van der Waals surface area contributed by atoms with Crippen LogP contribution in [0.2, 0.25) is 0 Å². The number of aromatic hydroxyl groups is 1. The van der Waals surface area contributed by atoms with Crippen molar-refractivity contribution >= 4 is 11.8 Å². The summed E-state index contributed by atoms with van der Waals surface area (Å²) in [6.45, 7) is 1.12. The van der Waals surface area contributed by atoms with E-state index in [1.165, 1.54) is 24.2 Å². The highest BCUT2D eigenvalue weighted by molar-refractivity contribution is 8.00. The largest absolute Gasteiger partial charge is 0.508 e. The van der Waals surface area contributed by atoms with Gasteiger partial charge in [0.05, 0.1) is 0 Å². The summed E-state index contributed by atoms with van der Waals surface area (Å²) in [6.07, 6.45) is 4.87. The maximum absolute atomic E-state index is 9.80. The third-order valence-corrected chi connectivity index (χ3v) is 5.26. The standard InChI is InChI=1S/C14H19NOS/c16-14-5-1-4-11-12(14)6-7-13(11)15-9-10-3-2-8-17-10/h1,4-5,10,13,15-16H,2-3,6-9H2. The molecule has 1 saturated heterocycles. The van der Waals surface area contributed by atoms with Crippen LogP contribution in [0.4, 0.5) is 0 Å². The third kappa shape index (κ3) is 2.31. The van der Waals surface area contributed by atoms with Crippen molar-refractivity contribution in [2.45, 2.75) is 37.0 Å². The monoisotopic (exact) mass is 249 g/mol. The molecule has 3 heteroatoms. The SMILES string of the molecule is Oc1cccc2c1CCC2NCC1CCCS1. The van der Waals surface area contributed by atoms with Crippen molar-refractivity contribution in [1.29, 1.82) is 0 Å². The molecule has 0 amide bonds. The van der Waals surface area contributed by atoms with Crippen LogP contribution in [-0.4, -0.2) is 22.7 Å². The van der Waals surface area contributed by atoms with Crippen LogP contribution in [0.1, 0.15) is 36.4 Å². The van der Waals surface area contributed by atoms with Crippen LogP contribution in [-0.2, 0) is 6.42 Å². The van der Waals surface area contributed by atoms with E-state index in [2.05, 4.69) is 23.1 Å². The van der Waals surface area contributed by atoms with E-state index in [0.29, 0.717) is 11.8 Å². The molecule has 1 aromatic rings. The minimum Gasteiger partial charge on any atom is -0.508 e. The Kier molecular flexibility index (Phi) is 3.30. The zero-order valence-corrected chi connectivity index (χ0v) is 10.8. The lowest BCUT2D eigenvalue weighted by Gasteiger charge is -2.17. The number of phenolic OH excluding ortho intramolecular Hbond substituents is 1. The van der Waals surface area contributed by atoms with Gasteiger partial charge in [-0.05, 0) is 48.6 Å². The summed E-state index contributed by atoms with van der Waals surface area (Å²) in [5.41, 5.74) is 2.47. The number of benzene rings is 1. The third-order valence-electron chi connectivity index (χ3n) is 3.86. The number of rotatable bonds is 3. The molecule has 2 unspecified atom stereocenters. The molecule has 1 fully saturated rings. The topological polar surface area (TPSA) is 32.3 Å². The van der Waals surface area contributed by atoms with Crippen LogP contribution in [0.15, 0.2) is 18.2 Å². The maximum atomic E-state index is 9.80. The predicted molar refractivity (Wildman–Crippen MR) is 72.7 cm³/mol. The molecule has 0 aromatic heterocycles. The summed E-state index contributed by atoms with van der Waals surface area (Å²) in [4.78, 5) is 0. The van der Waals surface area contributed by atoms with Gasteiger partial charge < -0.3 is 10.4 Å². The Labute approximate surface area is 107 Å². The summed E-state index contributed by atoms with van der Waals surface area (Å²) in [5.74, 6) is 1.80. The molecule has 1 aliphatic carbocycles. The van der Waals surface area contributed by atoms with Gasteiger partial charge in [-0.2, -0.15) is 11.8 Å². The first-order valence-electron chi connectivity index (χ1n) is 6.50. The summed E-state index contributed by atoms with van der Waals surface area (Å²) < 4.78 is 0. The van der Waals surface area contributed by atoms with E-state index >= 15 is 0 Å². The van der Waals surface area contributed by atoms with E-state index in [0.717, 1.165) is 30.2 Å². The lowest BCUT2D eigenvalue weighted by Crippen LogP contribution is -2.26. The molecule has 0 saturated carbocycles. The average Bonchev–Trinajstić information content (AvgIpc) is 2.95. The highest BCUT2D eigenvalue weighted by atomic mass is 32.2. The number of hydrogen-bond donors (Lipinski definition) is 2. The molecule has 2 nitrogen and oxygen atoms in total. The van der Waals surface area contributed by atoms with Crippen molar-refractivity contribution in [2.24, 2.45) is 0 Å². The summed E-state index contributed by atoms with van der Waals surface area (Å²) in [6, 6.07) is 6.37. The van der Waals surface area contributed by atoms with Crippen molar-refractivity contribution in [1.82, 2.24) is 5.32 Å². The van der Waals surface area contributed by atoms with E-state index in [4.69, 9.17) is 0 Å². The van der Waals surface area contributed by atoms with Gasteiger partial charge in [0.15, 0.2) is 0 Å². The molecule has 1 heterocycles. The Bertz CT molecular complexity index is 401. The normalized spacial score (nSPS) is 27.3. The molecule has 2 N–H and O–H groups in total. The van der Waals surface area contributed by atoms with Crippen molar-refractivity contribution in [3.63, 3.8) is 0 Å². The summed E-state index contributed by atoms with van der Waals surface area (Å²) >= 11 is 2.10. The van der Waals surface area contributed by atoms with Crippen molar-refractivity contribution in [3.05, 3.63) is 29.3 Å². The zero-order chi connectivity index (χ0) is 11.7. The predicted octanol–water partition coefficient (Wildman–Crippen LogP) is 2.86. The molecule has 0 radical (unpaired) electrons. The first-order valence-corrected chi connectivity index (χ1v) is 7.55. The van der Waals surface area contributed by atoms with Crippen LogP contribution in [0.3, 0.4) is 0 Å². The highest BCUT2D eigenvalue weighted by Crippen LogP contribution is 2.36. The van der Waals surface area contributed by atoms with E-state index in [1.54, 1.807) is 6.07 Å².